The third-order valence-corrected chi connectivity index (χ3v) is 5.81. The van der Waals surface area contributed by atoms with Gasteiger partial charge in [0, 0.05) is 31.4 Å². The molecule has 1 N–H and O–H groups in total. The van der Waals surface area contributed by atoms with Crippen molar-refractivity contribution in [1.29, 1.82) is 0 Å². The van der Waals surface area contributed by atoms with Crippen molar-refractivity contribution in [1.82, 2.24) is 20.3 Å². The maximum atomic E-state index is 12.9. The van der Waals surface area contributed by atoms with Gasteiger partial charge in [-0.1, -0.05) is 6.07 Å². The maximum Gasteiger partial charge on any atom is 0.223 e. The molecular weight excluding hydrogens is 394 g/mol. The number of ether oxygens (including phenoxy) is 2. The number of hydrogen-bond donors (Lipinski definition) is 1. The molecule has 2 aromatic heterocycles. The first-order valence-electron chi connectivity index (χ1n) is 10.4. The summed E-state index contributed by atoms with van der Waals surface area (Å²) in [5.41, 5.74) is 3.42. The molecule has 0 unspecified atom stereocenters. The number of amides is 1. The van der Waals surface area contributed by atoms with E-state index in [-0.39, 0.29) is 17.9 Å². The molecule has 0 aliphatic carbocycles. The molecular formula is C23H27N5O3. The van der Waals surface area contributed by atoms with Gasteiger partial charge in [-0.05, 0) is 43.5 Å². The van der Waals surface area contributed by atoms with Gasteiger partial charge in [0.15, 0.2) is 17.1 Å². The van der Waals surface area contributed by atoms with Crippen molar-refractivity contribution in [2.24, 2.45) is 5.92 Å². The minimum atomic E-state index is -0.117. The molecule has 0 spiro atoms. The first-order valence-corrected chi connectivity index (χ1v) is 10.4. The molecule has 1 aliphatic rings. The minimum absolute atomic E-state index is 0.00736. The SMILES string of the molecule is COc1ccc([C@@H](C)NC(=O)C2CCN(c3cnc4nccnc4c3)CC2)cc1OC. The summed E-state index contributed by atoms with van der Waals surface area (Å²) in [4.78, 5) is 28.1. The Morgan fingerprint density at radius 3 is 2.55 bits per heavy atom. The van der Waals surface area contributed by atoms with Crippen LogP contribution in [0.25, 0.3) is 11.2 Å². The lowest BCUT2D eigenvalue weighted by molar-refractivity contribution is -0.126. The monoisotopic (exact) mass is 421 g/mol. The highest BCUT2D eigenvalue weighted by Gasteiger charge is 2.26. The number of nitrogens with one attached hydrogen (secondary N) is 1. The molecule has 1 saturated heterocycles. The van der Waals surface area contributed by atoms with E-state index in [0.29, 0.717) is 17.1 Å². The largest absolute Gasteiger partial charge is 0.493 e. The Balaban J connectivity index is 1.35. The van der Waals surface area contributed by atoms with E-state index < -0.39 is 0 Å². The van der Waals surface area contributed by atoms with Crippen LogP contribution in [0.3, 0.4) is 0 Å². The lowest BCUT2D eigenvalue weighted by atomic mass is 9.95. The van der Waals surface area contributed by atoms with Crippen molar-refractivity contribution in [3.8, 4) is 11.5 Å². The van der Waals surface area contributed by atoms with Crippen LogP contribution in [0.5, 0.6) is 11.5 Å². The van der Waals surface area contributed by atoms with E-state index in [1.807, 2.05) is 37.4 Å². The van der Waals surface area contributed by atoms with Crippen LogP contribution in [-0.2, 0) is 4.79 Å². The summed E-state index contributed by atoms with van der Waals surface area (Å²) < 4.78 is 10.7. The van der Waals surface area contributed by atoms with Crippen LogP contribution in [0.15, 0.2) is 42.9 Å². The Morgan fingerprint density at radius 2 is 1.81 bits per heavy atom. The molecule has 4 rings (SSSR count). The lowest BCUT2D eigenvalue weighted by Gasteiger charge is -2.33. The van der Waals surface area contributed by atoms with E-state index in [4.69, 9.17) is 9.47 Å². The normalized spacial score (nSPS) is 15.5. The highest BCUT2D eigenvalue weighted by Crippen LogP contribution is 2.30. The number of methoxy groups -OCH3 is 2. The number of fused-ring (bicyclic) bond motifs is 1. The number of hydrogen-bond acceptors (Lipinski definition) is 7. The summed E-state index contributed by atoms with van der Waals surface area (Å²) in [6, 6.07) is 7.60. The Hall–Kier alpha value is -3.42. The van der Waals surface area contributed by atoms with Crippen LogP contribution >= 0.6 is 0 Å². The van der Waals surface area contributed by atoms with Gasteiger partial charge in [0.2, 0.25) is 5.91 Å². The smallest absolute Gasteiger partial charge is 0.223 e. The fourth-order valence-electron chi connectivity index (χ4n) is 3.96. The number of aromatic nitrogens is 3. The first kappa shape index (κ1) is 20.8. The Kier molecular flexibility index (Phi) is 6.16. The summed E-state index contributed by atoms with van der Waals surface area (Å²) in [5.74, 6) is 1.41. The molecule has 0 radical (unpaired) electrons. The van der Waals surface area contributed by atoms with E-state index in [1.165, 1.54) is 0 Å². The zero-order valence-electron chi connectivity index (χ0n) is 18.0. The topological polar surface area (TPSA) is 89.5 Å². The van der Waals surface area contributed by atoms with E-state index in [0.717, 1.165) is 42.7 Å². The predicted molar refractivity (Wildman–Crippen MR) is 118 cm³/mol. The molecule has 8 heteroatoms. The van der Waals surface area contributed by atoms with Crippen LogP contribution in [0.2, 0.25) is 0 Å². The second-order valence-electron chi connectivity index (χ2n) is 7.70. The van der Waals surface area contributed by atoms with Gasteiger partial charge in [-0.25, -0.2) is 9.97 Å². The molecule has 1 aromatic carbocycles. The number of nitrogens with zero attached hydrogens (tertiary/aromatic N) is 4. The van der Waals surface area contributed by atoms with Gasteiger partial charge in [0.05, 0.1) is 32.1 Å². The van der Waals surface area contributed by atoms with Gasteiger partial charge < -0.3 is 19.7 Å². The highest BCUT2D eigenvalue weighted by molar-refractivity contribution is 5.79. The second kappa shape index (κ2) is 9.16. The van der Waals surface area contributed by atoms with Crippen molar-refractivity contribution in [3.05, 3.63) is 48.4 Å². The molecule has 0 saturated carbocycles. The van der Waals surface area contributed by atoms with Gasteiger partial charge in [0.1, 0.15) is 5.52 Å². The number of carbonyl (C=O) groups is 1. The average Bonchev–Trinajstić information content (AvgIpc) is 2.83. The Bertz CT molecular complexity index is 1070. The van der Waals surface area contributed by atoms with Gasteiger partial charge >= 0.3 is 0 Å². The van der Waals surface area contributed by atoms with E-state index in [1.54, 1.807) is 26.6 Å². The quantitative estimate of drug-likeness (QED) is 0.654. The number of carbonyl (C=O) groups excluding carboxylic acids is 1. The van der Waals surface area contributed by atoms with Crippen molar-refractivity contribution < 1.29 is 14.3 Å². The summed E-state index contributed by atoms with van der Waals surface area (Å²) in [6.07, 6.45) is 6.73. The van der Waals surface area contributed by atoms with Crippen molar-refractivity contribution in [2.45, 2.75) is 25.8 Å². The molecule has 3 heterocycles. The first-order chi connectivity index (χ1) is 15.1. The van der Waals surface area contributed by atoms with Crippen molar-refractivity contribution in [2.75, 3.05) is 32.2 Å². The number of rotatable bonds is 6. The van der Waals surface area contributed by atoms with E-state index in [9.17, 15) is 4.79 Å². The summed E-state index contributed by atoms with van der Waals surface area (Å²) in [5, 5.41) is 3.15. The molecule has 8 nitrogen and oxygen atoms in total. The summed E-state index contributed by atoms with van der Waals surface area (Å²) in [6.45, 7) is 3.59. The molecule has 1 amide bonds. The van der Waals surface area contributed by atoms with Gasteiger partial charge in [-0.3, -0.25) is 9.78 Å². The molecule has 1 aliphatic heterocycles. The third kappa shape index (κ3) is 4.52. The summed E-state index contributed by atoms with van der Waals surface area (Å²) >= 11 is 0. The van der Waals surface area contributed by atoms with E-state index >= 15 is 0 Å². The molecule has 1 atom stereocenters. The predicted octanol–water partition coefficient (Wildman–Crippen LogP) is 3.14. The van der Waals surface area contributed by atoms with Crippen LogP contribution in [0.4, 0.5) is 5.69 Å². The number of anilines is 1. The molecule has 162 valence electrons. The second-order valence-corrected chi connectivity index (χ2v) is 7.70. The highest BCUT2D eigenvalue weighted by atomic mass is 16.5. The molecule has 31 heavy (non-hydrogen) atoms. The zero-order valence-corrected chi connectivity index (χ0v) is 18.0. The van der Waals surface area contributed by atoms with E-state index in [2.05, 4.69) is 25.2 Å². The minimum Gasteiger partial charge on any atom is -0.493 e. The Labute approximate surface area is 181 Å². The van der Waals surface area contributed by atoms with Crippen LogP contribution in [0, 0.1) is 5.92 Å². The number of piperidine rings is 1. The van der Waals surface area contributed by atoms with Gasteiger partial charge in [-0.15, -0.1) is 0 Å². The van der Waals surface area contributed by atoms with Crippen LogP contribution < -0.4 is 19.7 Å². The fraction of sp³-hybridized carbons (Fsp3) is 0.391. The van der Waals surface area contributed by atoms with Crippen LogP contribution in [0.1, 0.15) is 31.4 Å². The van der Waals surface area contributed by atoms with Gasteiger partial charge in [0.25, 0.3) is 0 Å². The molecule has 0 bridgehead atoms. The average molecular weight is 422 g/mol. The maximum absolute atomic E-state index is 12.9. The van der Waals surface area contributed by atoms with Crippen molar-refractivity contribution in [3.63, 3.8) is 0 Å². The lowest BCUT2D eigenvalue weighted by Crippen LogP contribution is -2.41. The fourth-order valence-corrected chi connectivity index (χ4v) is 3.96. The summed E-state index contributed by atoms with van der Waals surface area (Å²) in [7, 11) is 3.22. The number of benzene rings is 1. The molecule has 3 aromatic rings. The van der Waals surface area contributed by atoms with Crippen molar-refractivity contribution >= 4 is 22.8 Å². The van der Waals surface area contributed by atoms with Crippen LogP contribution in [-0.4, -0.2) is 48.2 Å². The third-order valence-electron chi connectivity index (χ3n) is 5.81. The Morgan fingerprint density at radius 1 is 1.06 bits per heavy atom. The molecule has 1 fully saturated rings. The standard InChI is InChI=1S/C23H27N5O3/c1-15(17-4-5-20(30-2)21(12-17)31-3)27-23(29)16-6-10-28(11-7-16)18-13-19-22(26-14-18)25-9-8-24-19/h4-5,8-9,12-16H,6-7,10-11H2,1-3H3,(H,27,29)/t15-/m1/s1. The number of pyridine rings is 1. The zero-order chi connectivity index (χ0) is 21.8. The van der Waals surface area contributed by atoms with Gasteiger partial charge in [-0.2, -0.15) is 0 Å².